The van der Waals surface area contributed by atoms with Crippen molar-refractivity contribution in [1.29, 1.82) is 0 Å². The Morgan fingerprint density at radius 3 is 2.57 bits per heavy atom. The van der Waals surface area contributed by atoms with Crippen molar-refractivity contribution in [3.8, 4) is 0 Å². The van der Waals surface area contributed by atoms with Gasteiger partial charge >= 0.3 is 0 Å². The predicted octanol–water partition coefficient (Wildman–Crippen LogP) is 2.00. The summed E-state index contributed by atoms with van der Waals surface area (Å²) >= 11 is 0. The third-order valence-electron chi connectivity index (χ3n) is 2.30. The highest BCUT2D eigenvalue weighted by Gasteiger charge is 2.29. The van der Waals surface area contributed by atoms with Crippen LogP contribution in [0.25, 0.3) is 0 Å². The summed E-state index contributed by atoms with van der Waals surface area (Å²) in [6.07, 6.45) is 3.14. The largest absolute Gasteiger partial charge is 0.512 e. The molecule has 14 heavy (non-hydrogen) atoms. The van der Waals surface area contributed by atoms with Gasteiger partial charge in [-0.15, -0.1) is 0 Å². The van der Waals surface area contributed by atoms with Crippen LogP contribution >= 0.6 is 0 Å². The fourth-order valence-electron chi connectivity index (χ4n) is 1.62. The lowest BCUT2D eigenvalue weighted by Crippen LogP contribution is -2.19. The maximum atomic E-state index is 10.8. The van der Waals surface area contributed by atoms with Crippen LogP contribution in [-0.4, -0.2) is 18.2 Å². The summed E-state index contributed by atoms with van der Waals surface area (Å²) in [5.74, 6) is 2.36. The highest BCUT2D eigenvalue weighted by atomic mass is 16.5. The van der Waals surface area contributed by atoms with E-state index in [0.717, 1.165) is 0 Å². The van der Waals surface area contributed by atoms with E-state index in [-0.39, 0.29) is 17.6 Å². The van der Waals surface area contributed by atoms with Crippen LogP contribution in [0.1, 0.15) is 13.8 Å². The van der Waals surface area contributed by atoms with E-state index in [1.165, 1.54) is 7.11 Å². The second-order valence-corrected chi connectivity index (χ2v) is 3.56. The average molecular weight is 194 g/mol. The molecule has 0 aromatic rings. The molecule has 0 saturated heterocycles. The zero-order valence-corrected chi connectivity index (χ0v) is 8.57. The van der Waals surface area contributed by atoms with Crippen LogP contribution in [0.3, 0.4) is 0 Å². The van der Waals surface area contributed by atoms with Crippen LogP contribution in [0.2, 0.25) is 0 Å². The van der Waals surface area contributed by atoms with E-state index in [4.69, 9.17) is 4.74 Å². The van der Waals surface area contributed by atoms with Crippen molar-refractivity contribution in [3.63, 3.8) is 0 Å². The molecule has 1 aliphatic carbocycles. The Morgan fingerprint density at radius 2 is 2.14 bits per heavy atom. The van der Waals surface area contributed by atoms with E-state index in [1.54, 1.807) is 12.2 Å². The van der Waals surface area contributed by atoms with Crippen molar-refractivity contribution >= 4 is 5.94 Å². The van der Waals surface area contributed by atoms with Crippen LogP contribution < -0.4 is 0 Å². The average Bonchev–Trinajstić information content (AvgIpc) is 2.16. The fourth-order valence-corrected chi connectivity index (χ4v) is 1.62. The van der Waals surface area contributed by atoms with Crippen molar-refractivity contribution in [2.75, 3.05) is 7.11 Å². The van der Waals surface area contributed by atoms with Crippen molar-refractivity contribution in [2.24, 2.45) is 11.8 Å². The monoisotopic (exact) mass is 194 g/mol. The molecule has 0 radical (unpaired) electrons. The lowest BCUT2D eigenvalue weighted by atomic mass is 9.83. The van der Waals surface area contributed by atoms with E-state index in [2.05, 4.69) is 0 Å². The Kier molecular flexibility index (Phi) is 3.15. The molecular formula is C11H14O3. The van der Waals surface area contributed by atoms with E-state index in [1.807, 2.05) is 19.8 Å². The van der Waals surface area contributed by atoms with Crippen molar-refractivity contribution in [2.45, 2.75) is 13.8 Å². The smallest absolute Gasteiger partial charge is 0.133 e. The lowest BCUT2D eigenvalue weighted by molar-refractivity contribution is 0.259. The molecule has 1 rings (SSSR count). The lowest BCUT2D eigenvalue weighted by Gasteiger charge is -2.24. The van der Waals surface area contributed by atoms with Gasteiger partial charge in [-0.05, 0) is 18.1 Å². The van der Waals surface area contributed by atoms with Gasteiger partial charge in [0.05, 0.1) is 18.6 Å². The van der Waals surface area contributed by atoms with Crippen LogP contribution in [0.15, 0.2) is 29.2 Å². The molecule has 1 atom stereocenters. The minimum absolute atomic E-state index is 0.140. The summed E-state index contributed by atoms with van der Waals surface area (Å²) in [6, 6.07) is 0. The number of methoxy groups -OCH3 is 1. The highest BCUT2D eigenvalue weighted by molar-refractivity contribution is 5.63. The fraction of sp³-hybridized carbons (Fsp3) is 0.455. The molecular weight excluding hydrogens is 180 g/mol. The Morgan fingerprint density at radius 1 is 1.50 bits per heavy atom. The molecule has 0 bridgehead atoms. The van der Waals surface area contributed by atoms with Crippen molar-refractivity contribution in [3.05, 3.63) is 29.2 Å². The van der Waals surface area contributed by atoms with E-state index >= 15 is 0 Å². The molecule has 1 aliphatic rings. The third kappa shape index (κ3) is 1.73. The summed E-state index contributed by atoms with van der Waals surface area (Å²) < 4.78 is 5.03. The number of ether oxygens (including phenoxy) is 1. The zero-order valence-electron chi connectivity index (χ0n) is 8.57. The molecule has 3 nitrogen and oxygen atoms in total. The third-order valence-corrected chi connectivity index (χ3v) is 2.30. The molecule has 0 aliphatic heterocycles. The Balaban J connectivity index is 3.15. The van der Waals surface area contributed by atoms with Gasteiger partial charge in [0, 0.05) is 0 Å². The second-order valence-electron chi connectivity index (χ2n) is 3.56. The summed E-state index contributed by atoms with van der Waals surface area (Å²) in [6.45, 7) is 3.87. The SMILES string of the molecule is COC1=CC=C(O)C(C(C)C)C1=C=O. The molecule has 0 heterocycles. The van der Waals surface area contributed by atoms with Gasteiger partial charge in [-0.25, -0.2) is 4.79 Å². The van der Waals surface area contributed by atoms with Crippen LogP contribution in [0.4, 0.5) is 0 Å². The zero-order chi connectivity index (χ0) is 10.7. The number of hydrogen-bond donors (Lipinski definition) is 1. The van der Waals surface area contributed by atoms with Crippen molar-refractivity contribution < 1.29 is 14.6 Å². The number of aliphatic hydroxyl groups is 1. The molecule has 0 aromatic carbocycles. The molecule has 0 aromatic heterocycles. The Hall–Kier alpha value is -1.47. The minimum Gasteiger partial charge on any atom is -0.512 e. The Labute approximate surface area is 83.4 Å². The molecule has 1 unspecified atom stereocenters. The summed E-state index contributed by atoms with van der Waals surface area (Å²) in [7, 11) is 1.50. The van der Waals surface area contributed by atoms with Gasteiger partial charge in [0.2, 0.25) is 0 Å². The quantitative estimate of drug-likeness (QED) is 0.684. The molecule has 1 N–H and O–H groups in total. The first-order valence-electron chi connectivity index (χ1n) is 4.52. The van der Waals surface area contributed by atoms with Gasteiger partial charge in [0.25, 0.3) is 0 Å². The molecule has 3 heteroatoms. The Bertz CT molecular complexity index is 330. The van der Waals surface area contributed by atoms with Gasteiger partial charge < -0.3 is 9.84 Å². The predicted molar refractivity (Wildman–Crippen MR) is 53.3 cm³/mol. The van der Waals surface area contributed by atoms with Crippen LogP contribution in [-0.2, 0) is 9.53 Å². The van der Waals surface area contributed by atoms with Crippen LogP contribution in [0.5, 0.6) is 0 Å². The maximum Gasteiger partial charge on any atom is 0.133 e. The number of aliphatic hydroxyl groups excluding tert-OH is 1. The normalized spacial score (nSPS) is 21.4. The highest BCUT2D eigenvalue weighted by Crippen LogP contribution is 2.33. The standard InChI is InChI=1S/C11H14O3/c1-7(2)11-8(6-12)10(14-3)5-4-9(11)13/h4-5,7,11,13H,1-3H3. The van der Waals surface area contributed by atoms with Gasteiger partial charge in [-0.3, -0.25) is 0 Å². The van der Waals surface area contributed by atoms with E-state index in [9.17, 15) is 9.90 Å². The molecule has 76 valence electrons. The number of hydrogen-bond acceptors (Lipinski definition) is 3. The number of allylic oxidation sites excluding steroid dienone is 4. The topological polar surface area (TPSA) is 46.5 Å². The molecule has 0 spiro atoms. The molecule has 0 saturated carbocycles. The minimum atomic E-state index is -0.299. The van der Waals surface area contributed by atoms with Gasteiger partial charge in [-0.1, -0.05) is 13.8 Å². The first kappa shape index (κ1) is 10.6. The number of carbonyl (C=O) groups excluding carboxylic acids is 1. The van der Waals surface area contributed by atoms with Gasteiger partial charge in [0.15, 0.2) is 0 Å². The first-order valence-corrected chi connectivity index (χ1v) is 4.52. The van der Waals surface area contributed by atoms with E-state index in [0.29, 0.717) is 11.3 Å². The van der Waals surface area contributed by atoms with E-state index < -0.39 is 0 Å². The summed E-state index contributed by atoms with van der Waals surface area (Å²) in [5.41, 5.74) is 0.391. The van der Waals surface area contributed by atoms with Gasteiger partial charge in [0.1, 0.15) is 17.5 Å². The maximum absolute atomic E-state index is 10.8. The van der Waals surface area contributed by atoms with Crippen molar-refractivity contribution in [1.82, 2.24) is 0 Å². The molecule has 0 amide bonds. The van der Waals surface area contributed by atoms with Gasteiger partial charge in [-0.2, -0.15) is 0 Å². The first-order chi connectivity index (χ1) is 6.61. The second kappa shape index (κ2) is 4.16. The summed E-state index contributed by atoms with van der Waals surface area (Å²) in [5, 5.41) is 9.62. The number of rotatable bonds is 2. The molecule has 0 fully saturated rings. The van der Waals surface area contributed by atoms with Crippen LogP contribution in [0, 0.1) is 11.8 Å². The summed E-state index contributed by atoms with van der Waals surface area (Å²) in [4.78, 5) is 10.8.